The first-order valence-electron chi connectivity index (χ1n) is 7.55. The molecule has 134 valence electrons. The maximum atomic E-state index is 12.6. The summed E-state index contributed by atoms with van der Waals surface area (Å²) in [6.45, 7) is 2.02. The third-order valence-corrected chi connectivity index (χ3v) is 4.98. The van der Waals surface area contributed by atoms with Gasteiger partial charge >= 0.3 is 6.03 Å². The fourth-order valence-electron chi connectivity index (χ4n) is 2.50. The summed E-state index contributed by atoms with van der Waals surface area (Å²) < 4.78 is 1.11. The van der Waals surface area contributed by atoms with Crippen LogP contribution in [0.15, 0.2) is 42.5 Å². The lowest BCUT2D eigenvalue weighted by Crippen LogP contribution is -2.48. The standard InChI is InChI=1S/C17H16ClN5O2S/c1-9-6-11-7-10(2-5-15(11)26-9)16(24)21-13-4-3-12(18)8-14(13)23(20)17(25)22-19/h2-8H,19-20H2,1H3,(H,21,24)(H,22,25). The molecule has 0 atom stereocenters. The predicted molar refractivity (Wildman–Crippen MR) is 105 cm³/mol. The fraction of sp³-hybridized carbons (Fsp3) is 0.0588. The second-order valence-electron chi connectivity index (χ2n) is 5.54. The molecule has 0 aliphatic carbocycles. The van der Waals surface area contributed by atoms with Gasteiger partial charge in [-0.15, -0.1) is 11.3 Å². The lowest BCUT2D eigenvalue weighted by Gasteiger charge is -2.20. The number of nitrogens with two attached hydrogens (primary N) is 2. The minimum absolute atomic E-state index is 0.209. The van der Waals surface area contributed by atoms with Gasteiger partial charge in [-0.1, -0.05) is 11.6 Å². The van der Waals surface area contributed by atoms with Gasteiger partial charge < -0.3 is 5.32 Å². The number of nitrogens with one attached hydrogen (secondary N) is 2. The third kappa shape index (κ3) is 3.63. The number of hydrazine groups is 2. The quantitative estimate of drug-likeness (QED) is 0.312. The predicted octanol–water partition coefficient (Wildman–Crippen LogP) is 3.38. The summed E-state index contributed by atoms with van der Waals surface area (Å²) in [4.78, 5) is 25.5. The molecule has 26 heavy (non-hydrogen) atoms. The Kier molecular flexibility index (Phi) is 5.10. The molecule has 0 saturated carbocycles. The second-order valence-corrected chi connectivity index (χ2v) is 7.27. The van der Waals surface area contributed by atoms with Crippen LogP contribution in [-0.2, 0) is 0 Å². The maximum absolute atomic E-state index is 12.6. The third-order valence-electron chi connectivity index (χ3n) is 3.71. The average molecular weight is 390 g/mol. The molecule has 0 aliphatic rings. The van der Waals surface area contributed by atoms with Crippen molar-refractivity contribution in [3.05, 3.63) is 57.9 Å². The molecule has 1 aromatic heterocycles. The van der Waals surface area contributed by atoms with Crippen LogP contribution in [0.3, 0.4) is 0 Å². The molecule has 9 heteroatoms. The largest absolute Gasteiger partial charge is 0.350 e. The molecule has 7 nitrogen and oxygen atoms in total. The highest BCUT2D eigenvalue weighted by Crippen LogP contribution is 2.30. The van der Waals surface area contributed by atoms with Crippen LogP contribution in [0.2, 0.25) is 5.02 Å². The van der Waals surface area contributed by atoms with E-state index in [-0.39, 0.29) is 11.6 Å². The number of benzene rings is 2. The number of fused-ring (bicyclic) bond motifs is 1. The van der Waals surface area contributed by atoms with Crippen LogP contribution in [0, 0.1) is 6.92 Å². The van der Waals surface area contributed by atoms with Crippen LogP contribution in [0.1, 0.15) is 15.2 Å². The van der Waals surface area contributed by atoms with Crippen molar-refractivity contribution in [1.29, 1.82) is 0 Å². The molecule has 1 heterocycles. The van der Waals surface area contributed by atoms with Gasteiger partial charge in [-0.05, 0) is 54.8 Å². The summed E-state index contributed by atoms with van der Waals surface area (Å²) in [5, 5.41) is 4.87. The maximum Gasteiger partial charge on any atom is 0.350 e. The van der Waals surface area contributed by atoms with Crippen molar-refractivity contribution in [2.75, 3.05) is 10.3 Å². The molecule has 3 amide bonds. The zero-order valence-corrected chi connectivity index (χ0v) is 15.3. The molecule has 0 bridgehead atoms. The van der Waals surface area contributed by atoms with Crippen molar-refractivity contribution in [3.63, 3.8) is 0 Å². The van der Waals surface area contributed by atoms with E-state index >= 15 is 0 Å². The van der Waals surface area contributed by atoms with Crippen molar-refractivity contribution in [3.8, 4) is 0 Å². The molecule has 3 aromatic rings. The van der Waals surface area contributed by atoms with Crippen LogP contribution >= 0.6 is 22.9 Å². The Balaban J connectivity index is 1.91. The minimum Gasteiger partial charge on any atom is -0.320 e. The number of hydrogen-bond acceptors (Lipinski definition) is 5. The molecule has 0 spiro atoms. The molecular formula is C17H16ClN5O2S. The van der Waals surface area contributed by atoms with E-state index in [0.29, 0.717) is 16.3 Å². The van der Waals surface area contributed by atoms with Gasteiger partial charge in [0.1, 0.15) is 0 Å². The smallest absolute Gasteiger partial charge is 0.320 e. The van der Waals surface area contributed by atoms with E-state index in [1.54, 1.807) is 29.5 Å². The molecule has 0 radical (unpaired) electrons. The molecule has 6 N–H and O–H groups in total. The Labute approximate surface area is 158 Å². The summed E-state index contributed by atoms with van der Waals surface area (Å²) >= 11 is 7.64. The fourth-order valence-corrected chi connectivity index (χ4v) is 3.57. The summed E-state index contributed by atoms with van der Waals surface area (Å²) in [6, 6.07) is 11.3. The van der Waals surface area contributed by atoms with Crippen molar-refractivity contribution in [1.82, 2.24) is 5.43 Å². The number of carbonyl (C=O) groups is 2. The number of amides is 3. The zero-order valence-electron chi connectivity index (χ0n) is 13.7. The van der Waals surface area contributed by atoms with Crippen molar-refractivity contribution in [2.45, 2.75) is 6.92 Å². The molecule has 2 aromatic carbocycles. The van der Waals surface area contributed by atoms with Crippen molar-refractivity contribution in [2.24, 2.45) is 11.7 Å². The summed E-state index contributed by atoms with van der Waals surface area (Å²) in [6.07, 6.45) is 0. The van der Waals surface area contributed by atoms with E-state index in [2.05, 4.69) is 5.32 Å². The highest BCUT2D eigenvalue weighted by molar-refractivity contribution is 7.19. The second kappa shape index (κ2) is 7.30. The van der Waals surface area contributed by atoms with Gasteiger partial charge in [0.2, 0.25) is 0 Å². The number of halogens is 1. The lowest BCUT2D eigenvalue weighted by atomic mass is 10.1. The Morgan fingerprint density at radius 3 is 2.65 bits per heavy atom. The number of rotatable bonds is 3. The van der Waals surface area contributed by atoms with Gasteiger partial charge in [-0.3, -0.25) is 10.2 Å². The first-order chi connectivity index (χ1) is 12.4. The van der Waals surface area contributed by atoms with Crippen LogP contribution in [0.5, 0.6) is 0 Å². The monoisotopic (exact) mass is 389 g/mol. The first-order valence-corrected chi connectivity index (χ1v) is 8.75. The van der Waals surface area contributed by atoms with Gasteiger partial charge in [-0.2, -0.15) is 0 Å². The van der Waals surface area contributed by atoms with E-state index in [0.717, 1.165) is 15.1 Å². The Morgan fingerprint density at radius 1 is 1.15 bits per heavy atom. The molecule has 0 fully saturated rings. The normalized spacial score (nSPS) is 10.6. The number of carbonyl (C=O) groups excluding carboxylic acids is 2. The summed E-state index contributed by atoms with van der Waals surface area (Å²) in [5.41, 5.74) is 2.95. The van der Waals surface area contributed by atoms with Gasteiger partial charge in [0, 0.05) is 20.2 Å². The Bertz CT molecular complexity index is 1000. The van der Waals surface area contributed by atoms with E-state index in [4.69, 9.17) is 23.3 Å². The van der Waals surface area contributed by atoms with Crippen LogP contribution in [0.4, 0.5) is 16.2 Å². The average Bonchev–Trinajstić information content (AvgIpc) is 3.00. The van der Waals surface area contributed by atoms with Crippen LogP contribution < -0.4 is 27.4 Å². The summed E-state index contributed by atoms with van der Waals surface area (Å²) in [5.74, 6) is 10.5. The lowest BCUT2D eigenvalue weighted by molar-refractivity contribution is 0.102. The molecule has 0 saturated heterocycles. The summed E-state index contributed by atoms with van der Waals surface area (Å²) in [7, 11) is 0. The van der Waals surface area contributed by atoms with E-state index < -0.39 is 6.03 Å². The number of hydrogen-bond donors (Lipinski definition) is 4. The van der Waals surface area contributed by atoms with E-state index in [9.17, 15) is 9.59 Å². The van der Waals surface area contributed by atoms with Crippen LogP contribution in [0.25, 0.3) is 10.1 Å². The molecular weight excluding hydrogens is 374 g/mol. The van der Waals surface area contributed by atoms with Crippen LogP contribution in [-0.4, -0.2) is 11.9 Å². The number of urea groups is 1. The number of aryl methyl sites for hydroxylation is 1. The first kappa shape index (κ1) is 18.2. The number of thiophene rings is 1. The van der Waals surface area contributed by atoms with Gasteiger partial charge in [0.15, 0.2) is 0 Å². The number of nitrogens with zero attached hydrogens (tertiary/aromatic N) is 1. The SMILES string of the molecule is Cc1cc2cc(C(=O)Nc3ccc(Cl)cc3N(N)C(=O)NN)ccc2s1. The Hall–Kier alpha value is -2.65. The van der Waals surface area contributed by atoms with Crippen molar-refractivity contribution >= 4 is 56.3 Å². The van der Waals surface area contributed by atoms with E-state index in [1.807, 2.05) is 30.5 Å². The highest BCUT2D eigenvalue weighted by atomic mass is 35.5. The highest BCUT2D eigenvalue weighted by Gasteiger charge is 2.17. The van der Waals surface area contributed by atoms with Gasteiger partial charge in [0.25, 0.3) is 5.91 Å². The Morgan fingerprint density at radius 2 is 1.92 bits per heavy atom. The van der Waals surface area contributed by atoms with Gasteiger partial charge in [0.05, 0.1) is 11.4 Å². The van der Waals surface area contributed by atoms with Crippen molar-refractivity contribution < 1.29 is 9.59 Å². The van der Waals surface area contributed by atoms with Gasteiger partial charge in [-0.25, -0.2) is 21.5 Å². The molecule has 0 aliphatic heterocycles. The zero-order chi connectivity index (χ0) is 18.8. The minimum atomic E-state index is -0.752. The molecule has 0 unspecified atom stereocenters. The molecule has 3 rings (SSSR count). The number of anilines is 2. The van der Waals surface area contributed by atoms with E-state index in [1.165, 1.54) is 10.9 Å². The topological polar surface area (TPSA) is 113 Å².